The fourth-order valence-corrected chi connectivity index (χ4v) is 3.03. The van der Waals surface area contributed by atoms with Crippen molar-refractivity contribution in [2.75, 3.05) is 11.6 Å². The van der Waals surface area contributed by atoms with E-state index in [2.05, 4.69) is 5.32 Å². The minimum Gasteiger partial charge on any atom is -0.481 e. The lowest BCUT2D eigenvalue weighted by Gasteiger charge is -2.33. The van der Waals surface area contributed by atoms with Gasteiger partial charge in [0.15, 0.2) is 0 Å². The molecule has 7 heteroatoms. The molecular formula is C9H12N2O4S. The largest absolute Gasteiger partial charge is 0.481 e. The van der Waals surface area contributed by atoms with E-state index in [4.69, 9.17) is 5.11 Å². The molecule has 2 heterocycles. The van der Waals surface area contributed by atoms with Crippen LogP contribution in [-0.4, -0.2) is 51.5 Å². The van der Waals surface area contributed by atoms with Crippen LogP contribution in [0.5, 0.6) is 0 Å². The molecule has 2 unspecified atom stereocenters. The third-order valence-corrected chi connectivity index (χ3v) is 3.74. The van der Waals surface area contributed by atoms with E-state index in [9.17, 15) is 14.4 Å². The van der Waals surface area contributed by atoms with E-state index < -0.39 is 12.0 Å². The van der Waals surface area contributed by atoms with Crippen molar-refractivity contribution in [2.45, 2.75) is 24.9 Å². The Morgan fingerprint density at radius 1 is 1.56 bits per heavy atom. The lowest BCUT2D eigenvalue weighted by Crippen LogP contribution is -2.61. The molecule has 2 rings (SSSR count). The number of thioether (sulfide) groups is 1. The van der Waals surface area contributed by atoms with E-state index in [1.807, 2.05) is 0 Å². The van der Waals surface area contributed by atoms with E-state index in [0.29, 0.717) is 11.6 Å². The summed E-state index contributed by atoms with van der Waals surface area (Å²) in [5.74, 6) is -0.125. The topological polar surface area (TPSA) is 86.7 Å². The molecular weight excluding hydrogens is 232 g/mol. The van der Waals surface area contributed by atoms with E-state index in [0.717, 1.165) is 0 Å². The van der Waals surface area contributed by atoms with Crippen molar-refractivity contribution < 1.29 is 19.5 Å². The van der Waals surface area contributed by atoms with Crippen LogP contribution >= 0.6 is 11.8 Å². The highest BCUT2D eigenvalue weighted by Crippen LogP contribution is 2.25. The third kappa shape index (κ3) is 1.99. The first-order chi connectivity index (χ1) is 7.59. The number of carboxylic acid groups (broad SMARTS) is 1. The second-order valence-corrected chi connectivity index (χ2v) is 4.82. The Kier molecular flexibility index (Phi) is 3.04. The molecule has 0 aromatic rings. The maximum absolute atomic E-state index is 11.9. The van der Waals surface area contributed by atoms with Crippen molar-refractivity contribution in [2.24, 2.45) is 0 Å². The minimum atomic E-state index is -0.958. The zero-order chi connectivity index (χ0) is 11.7. The molecule has 2 atom stereocenters. The smallest absolute Gasteiger partial charge is 0.303 e. The highest BCUT2D eigenvalue weighted by Gasteiger charge is 2.43. The van der Waals surface area contributed by atoms with E-state index >= 15 is 0 Å². The maximum atomic E-state index is 11.9. The Labute approximate surface area is 96.4 Å². The second kappa shape index (κ2) is 4.32. The summed E-state index contributed by atoms with van der Waals surface area (Å²) in [5.41, 5.74) is 0. The number of piperazine rings is 1. The highest BCUT2D eigenvalue weighted by molar-refractivity contribution is 7.99. The predicted molar refractivity (Wildman–Crippen MR) is 56.8 cm³/mol. The number of nitrogens with one attached hydrogen (secondary N) is 1. The molecule has 2 aliphatic rings. The van der Waals surface area contributed by atoms with Crippen LogP contribution in [0.2, 0.25) is 0 Å². The van der Waals surface area contributed by atoms with Gasteiger partial charge in [-0.1, -0.05) is 0 Å². The van der Waals surface area contributed by atoms with Crippen LogP contribution in [0.3, 0.4) is 0 Å². The summed E-state index contributed by atoms with van der Waals surface area (Å²) in [6.45, 7) is 0. The standard InChI is InChI=1S/C9H12N2O4S/c12-7(13)2-1-5-9(15)11-4-16-3-6(11)8(14)10-5/h5-6H,1-4H2,(H,10,14)(H,12,13). The molecule has 0 bridgehead atoms. The third-order valence-electron chi connectivity index (χ3n) is 2.73. The van der Waals surface area contributed by atoms with E-state index in [1.165, 1.54) is 4.90 Å². The van der Waals surface area contributed by atoms with Gasteiger partial charge in [0.05, 0.1) is 5.88 Å². The average molecular weight is 244 g/mol. The molecule has 0 saturated carbocycles. The van der Waals surface area contributed by atoms with Gasteiger partial charge in [0.1, 0.15) is 12.1 Å². The van der Waals surface area contributed by atoms with Gasteiger partial charge in [0.25, 0.3) is 0 Å². The fourth-order valence-electron chi connectivity index (χ4n) is 1.87. The minimum absolute atomic E-state index is 0.109. The molecule has 6 nitrogen and oxygen atoms in total. The Bertz CT molecular complexity index is 346. The molecule has 2 saturated heterocycles. The van der Waals surface area contributed by atoms with Gasteiger partial charge in [0, 0.05) is 12.2 Å². The lowest BCUT2D eigenvalue weighted by atomic mass is 10.0. The molecule has 0 spiro atoms. The molecule has 2 amide bonds. The molecule has 0 aromatic heterocycles. The summed E-state index contributed by atoms with van der Waals surface area (Å²) in [7, 11) is 0. The van der Waals surface area contributed by atoms with Crippen molar-refractivity contribution in [1.82, 2.24) is 10.2 Å². The van der Waals surface area contributed by atoms with Gasteiger partial charge in [-0.15, -0.1) is 11.8 Å². The van der Waals surface area contributed by atoms with Gasteiger partial charge in [-0.25, -0.2) is 0 Å². The number of aliphatic carboxylic acids is 1. The quantitative estimate of drug-likeness (QED) is 0.682. The number of amides is 2. The zero-order valence-electron chi connectivity index (χ0n) is 8.51. The van der Waals surface area contributed by atoms with E-state index in [-0.39, 0.29) is 30.7 Å². The second-order valence-electron chi connectivity index (χ2n) is 3.82. The first-order valence-electron chi connectivity index (χ1n) is 5.00. The van der Waals surface area contributed by atoms with Gasteiger partial charge >= 0.3 is 5.97 Å². The fraction of sp³-hybridized carbons (Fsp3) is 0.667. The summed E-state index contributed by atoms with van der Waals surface area (Å²) < 4.78 is 0. The van der Waals surface area contributed by atoms with Gasteiger partial charge in [0.2, 0.25) is 11.8 Å². The Balaban J connectivity index is 2.02. The van der Waals surface area contributed by atoms with Crippen LogP contribution in [0.25, 0.3) is 0 Å². The normalized spacial score (nSPS) is 28.9. The number of carboxylic acids is 1. The maximum Gasteiger partial charge on any atom is 0.303 e. The lowest BCUT2D eigenvalue weighted by molar-refractivity contribution is -0.147. The molecule has 88 valence electrons. The van der Waals surface area contributed by atoms with Crippen LogP contribution in [0.15, 0.2) is 0 Å². The van der Waals surface area contributed by atoms with Gasteiger partial charge < -0.3 is 15.3 Å². The first-order valence-corrected chi connectivity index (χ1v) is 6.15. The molecule has 2 N–H and O–H groups in total. The van der Waals surface area contributed by atoms with Crippen molar-refractivity contribution >= 4 is 29.5 Å². The van der Waals surface area contributed by atoms with Crippen LogP contribution < -0.4 is 5.32 Å². The van der Waals surface area contributed by atoms with Crippen molar-refractivity contribution in [3.05, 3.63) is 0 Å². The van der Waals surface area contributed by atoms with Crippen LogP contribution in [0, 0.1) is 0 Å². The molecule has 16 heavy (non-hydrogen) atoms. The summed E-state index contributed by atoms with van der Waals surface area (Å²) in [6.07, 6.45) is 0.0517. The molecule has 2 aliphatic heterocycles. The number of fused-ring (bicyclic) bond motifs is 1. The number of hydrogen-bond acceptors (Lipinski definition) is 4. The van der Waals surface area contributed by atoms with Gasteiger partial charge in [-0.05, 0) is 6.42 Å². The SMILES string of the molecule is O=C(O)CCC1NC(=O)C2CSCN2C1=O. The molecule has 2 fully saturated rings. The summed E-state index contributed by atoms with van der Waals surface area (Å²) in [5, 5.41) is 11.1. The van der Waals surface area contributed by atoms with Crippen molar-refractivity contribution in [3.63, 3.8) is 0 Å². The van der Waals surface area contributed by atoms with E-state index in [1.54, 1.807) is 11.8 Å². The molecule has 0 radical (unpaired) electrons. The first kappa shape index (κ1) is 11.3. The zero-order valence-corrected chi connectivity index (χ0v) is 9.33. The number of carbonyl (C=O) groups excluding carboxylic acids is 2. The Morgan fingerprint density at radius 2 is 2.31 bits per heavy atom. The van der Waals surface area contributed by atoms with Crippen LogP contribution in [-0.2, 0) is 14.4 Å². The Morgan fingerprint density at radius 3 is 3.00 bits per heavy atom. The summed E-state index contributed by atoms with van der Waals surface area (Å²) in [4.78, 5) is 35.4. The number of carbonyl (C=O) groups is 3. The molecule has 0 aliphatic carbocycles. The monoisotopic (exact) mass is 244 g/mol. The number of nitrogens with zero attached hydrogens (tertiary/aromatic N) is 1. The number of hydrogen-bond donors (Lipinski definition) is 2. The average Bonchev–Trinajstić information content (AvgIpc) is 2.70. The Hall–Kier alpha value is -1.24. The van der Waals surface area contributed by atoms with Crippen LogP contribution in [0.1, 0.15) is 12.8 Å². The van der Waals surface area contributed by atoms with Crippen molar-refractivity contribution in [3.8, 4) is 0 Å². The van der Waals surface area contributed by atoms with Crippen molar-refractivity contribution in [1.29, 1.82) is 0 Å². The predicted octanol–water partition coefficient (Wildman–Crippen LogP) is -0.749. The highest BCUT2D eigenvalue weighted by atomic mass is 32.2. The molecule has 0 aromatic carbocycles. The summed E-state index contributed by atoms with van der Waals surface area (Å²) >= 11 is 1.54. The van der Waals surface area contributed by atoms with Gasteiger partial charge in [-0.3, -0.25) is 14.4 Å². The van der Waals surface area contributed by atoms with Crippen LogP contribution in [0.4, 0.5) is 0 Å². The summed E-state index contributed by atoms with van der Waals surface area (Å²) in [6, 6.07) is -1.03. The number of rotatable bonds is 3. The van der Waals surface area contributed by atoms with Gasteiger partial charge in [-0.2, -0.15) is 0 Å².